The first-order valence-electron chi connectivity index (χ1n) is 6.44. The van der Waals surface area contributed by atoms with Crippen molar-refractivity contribution in [2.75, 3.05) is 6.61 Å². The molecular weight excluding hydrogens is 287 g/mol. The molecule has 4 nitrogen and oxygen atoms in total. The fourth-order valence-corrected chi connectivity index (χ4v) is 1.64. The van der Waals surface area contributed by atoms with Crippen LogP contribution in [0.15, 0.2) is 24.3 Å². The van der Waals surface area contributed by atoms with E-state index >= 15 is 0 Å². The van der Waals surface area contributed by atoms with Crippen molar-refractivity contribution in [1.82, 2.24) is 5.32 Å². The Bertz CT molecular complexity index is 475. The molecule has 0 saturated heterocycles. The Kier molecular flexibility index (Phi) is 5.87. The van der Waals surface area contributed by atoms with Gasteiger partial charge in [0.05, 0.1) is 12.1 Å². The lowest BCUT2D eigenvalue weighted by atomic mass is 10.1. The Labute approximate surface area is 121 Å². The Balaban J connectivity index is 2.67. The average Bonchev–Trinajstić information content (AvgIpc) is 2.35. The quantitative estimate of drug-likeness (QED) is 0.899. The summed E-state index contributed by atoms with van der Waals surface area (Å²) in [5.41, 5.74) is 0.662. The summed E-state index contributed by atoms with van der Waals surface area (Å²) in [4.78, 5) is 11.3. The van der Waals surface area contributed by atoms with Gasteiger partial charge in [0.25, 0.3) is 0 Å². The second-order valence-electron chi connectivity index (χ2n) is 4.76. The number of hydrogen-bond donors (Lipinski definition) is 1. The minimum Gasteiger partial charge on any atom is -0.491 e. The second-order valence-corrected chi connectivity index (χ2v) is 4.76. The molecule has 0 saturated carbocycles. The summed E-state index contributed by atoms with van der Waals surface area (Å²) in [5, 5.41) is 2.34. The van der Waals surface area contributed by atoms with Gasteiger partial charge in [0, 0.05) is 5.56 Å². The first-order chi connectivity index (χ1) is 9.69. The number of ether oxygens (including phenoxy) is 2. The number of hydrogen-bond acceptors (Lipinski definition) is 3. The summed E-state index contributed by atoms with van der Waals surface area (Å²) in [6.45, 7) is 3.73. The highest BCUT2D eigenvalue weighted by Gasteiger charge is 2.30. The number of rotatable bonds is 5. The van der Waals surface area contributed by atoms with Gasteiger partial charge in [-0.3, -0.25) is 0 Å². The van der Waals surface area contributed by atoms with Gasteiger partial charge in [-0.1, -0.05) is 18.2 Å². The van der Waals surface area contributed by atoms with Crippen LogP contribution in [0.4, 0.5) is 18.0 Å². The standard InChI is InChI=1S/C14H18F3NO3/c1-9(2)21-12-7-5-4-6-11(12)10(3)18-13(19)20-8-14(15,16)17/h4-7,9-10H,8H2,1-3H3,(H,18,19). The normalized spacial score (nSPS) is 12.9. The van der Waals surface area contributed by atoms with Crippen LogP contribution in [0.2, 0.25) is 0 Å². The Morgan fingerprint density at radius 2 is 1.86 bits per heavy atom. The van der Waals surface area contributed by atoms with E-state index in [1.807, 2.05) is 13.8 Å². The highest BCUT2D eigenvalue weighted by Crippen LogP contribution is 2.26. The smallest absolute Gasteiger partial charge is 0.422 e. The highest BCUT2D eigenvalue weighted by molar-refractivity contribution is 5.68. The first kappa shape index (κ1) is 17.1. The molecule has 1 atom stereocenters. The maximum absolute atomic E-state index is 12.0. The van der Waals surface area contributed by atoms with Crippen LogP contribution in [-0.2, 0) is 4.74 Å². The monoisotopic (exact) mass is 305 g/mol. The summed E-state index contributed by atoms with van der Waals surface area (Å²) < 4.78 is 45.6. The topological polar surface area (TPSA) is 47.6 Å². The fourth-order valence-electron chi connectivity index (χ4n) is 1.64. The third-order valence-electron chi connectivity index (χ3n) is 2.45. The van der Waals surface area contributed by atoms with Crippen molar-refractivity contribution in [2.24, 2.45) is 0 Å². The molecule has 21 heavy (non-hydrogen) atoms. The van der Waals surface area contributed by atoms with Gasteiger partial charge in [0.15, 0.2) is 6.61 Å². The summed E-state index contributed by atoms with van der Waals surface area (Å²) >= 11 is 0. The zero-order chi connectivity index (χ0) is 16.0. The van der Waals surface area contributed by atoms with E-state index in [-0.39, 0.29) is 6.10 Å². The number of amides is 1. The fraction of sp³-hybridized carbons (Fsp3) is 0.500. The molecule has 0 aromatic heterocycles. The van der Waals surface area contributed by atoms with Crippen molar-refractivity contribution in [3.63, 3.8) is 0 Å². The van der Waals surface area contributed by atoms with E-state index in [4.69, 9.17) is 4.74 Å². The number of alkyl halides is 3. The molecule has 7 heteroatoms. The lowest BCUT2D eigenvalue weighted by molar-refractivity contribution is -0.160. The zero-order valence-electron chi connectivity index (χ0n) is 12.0. The number of carbonyl (C=O) groups excluding carboxylic acids is 1. The van der Waals surface area contributed by atoms with Gasteiger partial charge in [-0.15, -0.1) is 0 Å². The zero-order valence-corrected chi connectivity index (χ0v) is 12.0. The maximum atomic E-state index is 12.0. The van der Waals surface area contributed by atoms with Crippen LogP contribution in [0, 0.1) is 0 Å². The first-order valence-corrected chi connectivity index (χ1v) is 6.44. The summed E-state index contributed by atoms with van der Waals surface area (Å²) in [6.07, 6.45) is -5.73. The van der Waals surface area contributed by atoms with E-state index in [0.29, 0.717) is 11.3 Å². The summed E-state index contributed by atoms with van der Waals surface area (Å²) in [5.74, 6) is 0.566. The van der Waals surface area contributed by atoms with E-state index < -0.39 is 24.9 Å². The molecule has 1 amide bonds. The van der Waals surface area contributed by atoms with E-state index in [2.05, 4.69) is 10.1 Å². The molecule has 1 N–H and O–H groups in total. The van der Waals surface area contributed by atoms with Crippen molar-refractivity contribution >= 4 is 6.09 Å². The lowest BCUT2D eigenvalue weighted by Crippen LogP contribution is -2.31. The van der Waals surface area contributed by atoms with Gasteiger partial charge >= 0.3 is 12.3 Å². The molecule has 118 valence electrons. The number of benzene rings is 1. The van der Waals surface area contributed by atoms with Crippen molar-refractivity contribution in [2.45, 2.75) is 39.1 Å². The van der Waals surface area contributed by atoms with E-state index in [1.165, 1.54) is 0 Å². The molecule has 0 aliphatic carbocycles. The summed E-state index contributed by atoms with van der Waals surface area (Å²) in [6, 6.07) is 6.44. The van der Waals surface area contributed by atoms with Crippen LogP contribution >= 0.6 is 0 Å². The van der Waals surface area contributed by atoms with Crippen molar-refractivity contribution in [3.05, 3.63) is 29.8 Å². The largest absolute Gasteiger partial charge is 0.491 e. The van der Waals surface area contributed by atoms with E-state index in [1.54, 1.807) is 31.2 Å². The van der Waals surface area contributed by atoms with Crippen LogP contribution in [0.25, 0.3) is 0 Å². The molecule has 1 unspecified atom stereocenters. The van der Waals surface area contributed by atoms with Crippen LogP contribution in [0.5, 0.6) is 5.75 Å². The predicted molar refractivity (Wildman–Crippen MR) is 71.2 cm³/mol. The molecular formula is C14H18F3NO3. The molecule has 0 radical (unpaired) electrons. The van der Waals surface area contributed by atoms with Gasteiger partial charge < -0.3 is 14.8 Å². The van der Waals surface area contributed by atoms with E-state index in [0.717, 1.165) is 0 Å². The molecule has 0 spiro atoms. The number of para-hydroxylation sites is 1. The third kappa shape index (κ3) is 6.37. The van der Waals surface area contributed by atoms with Crippen molar-refractivity contribution in [3.8, 4) is 5.75 Å². The predicted octanol–water partition coefficient (Wildman–Crippen LogP) is 3.82. The molecule has 0 bridgehead atoms. The SMILES string of the molecule is CC(C)Oc1ccccc1C(C)NC(=O)OCC(F)(F)F. The minimum atomic E-state index is -4.54. The van der Waals surface area contributed by atoms with E-state index in [9.17, 15) is 18.0 Å². The second kappa shape index (κ2) is 7.19. The van der Waals surface area contributed by atoms with Crippen LogP contribution in [-0.4, -0.2) is 25.0 Å². The van der Waals surface area contributed by atoms with Crippen molar-refractivity contribution in [1.29, 1.82) is 0 Å². The van der Waals surface area contributed by atoms with Crippen LogP contribution in [0.1, 0.15) is 32.4 Å². The average molecular weight is 305 g/mol. The maximum Gasteiger partial charge on any atom is 0.422 e. The molecule has 1 aromatic rings. The highest BCUT2D eigenvalue weighted by atomic mass is 19.4. The summed E-state index contributed by atoms with van der Waals surface area (Å²) in [7, 11) is 0. The van der Waals surface area contributed by atoms with Gasteiger partial charge in [0.1, 0.15) is 5.75 Å². The van der Waals surface area contributed by atoms with Crippen LogP contribution < -0.4 is 10.1 Å². The Hall–Kier alpha value is -1.92. The molecule has 0 aliphatic heterocycles. The Morgan fingerprint density at radius 1 is 1.24 bits per heavy atom. The van der Waals surface area contributed by atoms with Gasteiger partial charge in [0.2, 0.25) is 0 Å². The van der Waals surface area contributed by atoms with Gasteiger partial charge in [-0.25, -0.2) is 4.79 Å². The lowest BCUT2D eigenvalue weighted by Gasteiger charge is -2.19. The number of alkyl carbamates (subject to hydrolysis) is 1. The minimum absolute atomic E-state index is 0.0597. The Morgan fingerprint density at radius 3 is 2.43 bits per heavy atom. The third-order valence-corrected chi connectivity index (χ3v) is 2.45. The molecule has 0 fully saturated rings. The molecule has 1 rings (SSSR count). The molecule has 0 heterocycles. The van der Waals surface area contributed by atoms with Crippen LogP contribution in [0.3, 0.4) is 0 Å². The number of halogens is 3. The molecule has 0 aliphatic rings. The van der Waals surface area contributed by atoms with Gasteiger partial charge in [-0.2, -0.15) is 13.2 Å². The number of nitrogens with one attached hydrogen (secondary N) is 1. The van der Waals surface area contributed by atoms with Gasteiger partial charge in [-0.05, 0) is 26.8 Å². The van der Waals surface area contributed by atoms with Crippen molar-refractivity contribution < 1.29 is 27.4 Å². The number of carbonyl (C=O) groups is 1. The molecule has 1 aromatic carbocycles.